The maximum atomic E-state index is 13.0. The number of rotatable bonds is 2. The van der Waals surface area contributed by atoms with Crippen LogP contribution in [0, 0.1) is 0 Å². The van der Waals surface area contributed by atoms with E-state index >= 15 is 0 Å². The molecule has 2 aromatic rings. The van der Waals surface area contributed by atoms with Crippen molar-refractivity contribution < 1.29 is 4.79 Å². The zero-order chi connectivity index (χ0) is 17.6. The van der Waals surface area contributed by atoms with Crippen LogP contribution >= 0.6 is 0 Å². The molecular formula is C20H25N3O2. The summed E-state index contributed by atoms with van der Waals surface area (Å²) in [6, 6.07) is 10.2. The van der Waals surface area contributed by atoms with Crippen LogP contribution in [-0.4, -0.2) is 52.0 Å². The molecule has 5 heteroatoms. The smallest absolute Gasteiger partial charge is 0.254 e. The summed E-state index contributed by atoms with van der Waals surface area (Å²) in [6.07, 6.45) is 3.82. The summed E-state index contributed by atoms with van der Waals surface area (Å²) in [4.78, 5) is 29.6. The van der Waals surface area contributed by atoms with E-state index in [1.165, 1.54) is 25.3 Å². The van der Waals surface area contributed by atoms with E-state index in [0.717, 1.165) is 30.5 Å². The van der Waals surface area contributed by atoms with Crippen molar-refractivity contribution in [2.45, 2.75) is 38.3 Å². The minimum Gasteiger partial charge on any atom is -0.335 e. The second-order valence-electron chi connectivity index (χ2n) is 7.42. The van der Waals surface area contributed by atoms with Gasteiger partial charge in [-0.05, 0) is 32.4 Å². The first kappa shape index (κ1) is 16.3. The lowest BCUT2D eigenvalue weighted by atomic mass is 9.96. The standard InChI is InChI=1S/C20H25N3O2/c1-14-7-5-6-10-23(14)15-12-22(13-15)20(25)17-11-19(24)21(2)18-9-4-3-8-16(17)18/h3-4,8-9,11,14-15H,5-7,10,12-13H2,1-2H3. The largest absolute Gasteiger partial charge is 0.335 e. The Morgan fingerprint density at radius 1 is 1.16 bits per heavy atom. The second-order valence-corrected chi connectivity index (χ2v) is 7.42. The number of carbonyl (C=O) groups excluding carboxylic acids is 1. The number of hydrogen-bond donors (Lipinski definition) is 0. The van der Waals surface area contributed by atoms with Gasteiger partial charge in [0.25, 0.3) is 11.5 Å². The van der Waals surface area contributed by atoms with Gasteiger partial charge >= 0.3 is 0 Å². The molecule has 2 saturated heterocycles. The Labute approximate surface area is 147 Å². The summed E-state index contributed by atoms with van der Waals surface area (Å²) < 4.78 is 1.60. The maximum Gasteiger partial charge on any atom is 0.254 e. The van der Waals surface area contributed by atoms with Gasteiger partial charge in [-0.1, -0.05) is 24.6 Å². The number of carbonyl (C=O) groups is 1. The van der Waals surface area contributed by atoms with Crippen LogP contribution < -0.4 is 5.56 Å². The molecule has 2 fully saturated rings. The van der Waals surface area contributed by atoms with Gasteiger partial charge in [-0.15, -0.1) is 0 Å². The Bertz CT molecular complexity index is 867. The number of aromatic nitrogens is 1. The molecule has 1 amide bonds. The number of piperidine rings is 1. The molecule has 2 aliphatic heterocycles. The highest BCUT2D eigenvalue weighted by Gasteiger charge is 2.38. The van der Waals surface area contributed by atoms with Crippen molar-refractivity contribution in [1.29, 1.82) is 0 Å². The van der Waals surface area contributed by atoms with Crippen molar-refractivity contribution in [2.24, 2.45) is 7.05 Å². The van der Waals surface area contributed by atoms with Gasteiger partial charge in [0.05, 0.1) is 11.1 Å². The molecular weight excluding hydrogens is 314 g/mol. The Morgan fingerprint density at radius 2 is 1.92 bits per heavy atom. The minimum absolute atomic E-state index is 0.0187. The number of aryl methyl sites for hydroxylation is 1. The molecule has 0 N–H and O–H groups in total. The lowest BCUT2D eigenvalue weighted by molar-refractivity contribution is 0.00222. The number of likely N-dealkylation sites (tertiary alicyclic amines) is 2. The predicted octanol–water partition coefficient (Wildman–Crippen LogP) is 2.24. The van der Waals surface area contributed by atoms with Gasteiger partial charge in [-0.2, -0.15) is 0 Å². The van der Waals surface area contributed by atoms with E-state index in [4.69, 9.17) is 0 Å². The molecule has 0 aliphatic carbocycles. The third-order valence-electron chi connectivity index (χ3n) is 5.86. The normalized spacial score (nSPS) is 22.2. The predicted molar refractivity (Wildman–Crippen MR) is 98.9 cm³/mol. The van der Waals surface area contributed by atoms with Gasteiger partial charge in [0.2, 0.25) is 0 Å². The molecule has 2 aliphatic rings. The Hall–Kier alpha value is -2.14. The van der Waals surface area contributed by atoms with E-state index in [0.29, 0.717) is 17.6 Å². The van der Waals surface area contributed by atoms with Crippen LogP contribution in [0.4, 0.5) is 0 Å². The summed E-state index contributed by atoms with van der Waals surface area (Å²) in [5.74, 6) is -0.0187. The number of amides is 1. The van der Waals surface area contributed by atoms with Crippen LogP contribution in [0.5, 0.6) is 0 Å². The van der Waals surface area contributed by atoms with Gasteiger partial charge in [-0.25, -0.2) is 0 Å². The summed E-state index contributed by atoms with van der Waals surface area (Å²) in [6.45, 7) is 4.97. The van der Waals surface area contributed by atoms with Crippen LogP contribution in [0.3, 0.4) is 0 Å². The molecule has 25 heavy (non-hydrogen) atoms. The monoisotopic (exact) mass is 339 g/mol. The molecule has 132 valence electrons. The zero-order valence-electron chi connectivity index (χ0n) is 14.9. The van der Waals surface area contributed by atoms with Crippen LogP contribution in [0.2, 0.25) is 0 Å². The van der Waals surface area contributed by atoms with Crippen molar-refractivity contribution in [2.75, 3.05) is 19.6 Å². The van der Waals surface area contributed by atoms with Crippen LogP contribution in [0.25, 0.3) is 10.9 Å². The maximum absolute atomic E-state index is 13.0. The molecule has 4 rings (SSSR count). The van der Waals surface area contributed by atoms with Crippen LogP contribution in [0.15, 0.2) is 35.1 Å². The molecule has 0 radical (unpaired) electrons. The molecule has 0 bridgehead atoms. The SMILES string of the molecule is CC1CCCCN1C1CN(C(=O)c2cc(=O)n(C)c3ccccc23)C1. The third-order valence-corrected chi connectivity index (χ3v) is 5.86. The Morgan fingerprint density at radius 3 is 2.68 bits per heavy atom. The Balaban J connectivity index is 1.56. The second kappa shape index (κ2) is 6.30. The van der Waals surface area contributed by atoms with E-state index < -0.39 is 0 Å². The van der Waals surface area contributed by atoms with Crippen LogP contribution in [0.1, 0.15) is 36.5 Å². The molecule has 1 atom stereocenters. The van der Waals surface area contributed by atoms with Crippen molar-refractivity contribution in [1.82, 2.24) is 14.4 Å². The molecule has 0 spiro atoms. The van der Waals surface area contributed by atoms with Crippen molar-refractivity contribution in [3.63, 3.8) is 0 Å². The lowest BCUT2D eigenvalue weighted by Crippen LogP contribution is -2.63. The van der Waals surface area contributed by atoms with Gasteiger partial charge in [-0.3, -0.25) is 14.5 Å². The molecule has 3 heterocycles. The molecule has 0 saturated carbocycles. The fraction of sp³-hybridized carbons (Fsp3) is 0.500. The van der Waals surface area contributed by atoms with E-state index in [2.05, 4.69) is 11.8 Å². The highest BCUT2D eigenvalue weighted by molar-refractivity contribution is 6.06. The van der Waals surface area contributed by atoms with E-state index in [1.807, 2.05) is 29.2 Å². The van der Waals surface area contributed by atoms with Crippen molar-refractivity contribution in [3.05, 3.63) is 46.2 Å². The summed E-state index contributed by atoms with van der Waals surface area (Å²) in [5.41, 5.74) is 1.20. The fourth-order valence-electron chi connectivity index (χ4n) is 4.25. The number of fused-ring (bicyclic) bond motifs is 1. The number of hydrogen-bond acceptors (Lipinski definition) is 3. The van der Waals surface area contributed by atoms with Crippen molar-refractivity contribution in [3.8, 4) is 0 Å². The first-order chi connectivity index (χ1) is 12.1. The van der Waals surface area contributed by atoms with Gasteiger partial charge in [0.1, 0.15) is 0 Å². The van der Waals surface area contributed by atoms with E-state index in [1.54, 1.807) is 11.6 Å². The quantitative estimate of drug-likeness (QED) is 0.843. The fourth-order valence-corrected chi connectivity index (χ4v) is 4.25. The first-order valence-electron chi connectivity index (χ1n) is 9.20. The number of pyridine rings is 1. The molecule has 1 aromatic carbocycles. The topological polar surface area (TPSA) is 45.6 Å². The van der Waals surface area contributed by atoms with Crippen LogP contribution in [-0.2, 0) is 7.05 Å². The molecule has 1 unspecified atom stereocenters. The van der Waals surface area contributed by atoms with Crippen molar-refractivity contribution >= 4 is 16.8 Å². The minimum atomic E-state index is -0.135. The molecule has 5 nitrogen and oxygen atoms in total. The zero-order valence-corrected chi connectivity index (χ0v) is 14.9. The first-order valence-corrected chi connectivity index (χ1v) is 9.20. The van der Waals surface area contributed by atoms with Gasteiger partial charge in [0, 0.05) is 43.7 Å². The van der Waals surface area contributed by atoms with E-state index in [-0.39, 0.29) is 11.5 Å². The van der Waals surface area contributed by atoms with Gasteiger partial charge in [0.15, 0.2) is 0 Å². The number of para-hydroxylation sites is 1. The highest BCUT2D eigenvalue weighted by Crippen LogP contribution is 2.26. The lowest BCUT2D eigenvalue weighted by Gasteiger charge is -2.49. The average Bonchev–Trinajstić information content (AvgIpc) is 2.58. The summed E-state index contributed by atoms with van der Waals surface area (Å²) >= 11 is 0. The van der Waals surface area contributed by atoms with E-state index in [9.17, 15) is 9.59 Å². The van der Waals surface area contributed by atoms with Gasteiger partial charge < -0.3 is 9.47 Å². The number of nitrogens with zero attached hydrogens (tertiary/aromatic N) is 3. The molecule has 1 aromatic heterocycles. The Kier molecular flexibility index (Phi) is 4.12. The summed E-state index contributed by atoms with van der Waals surface area (Å²) in [7, 11) is 1.75. The third kappa shape index (κ3) is 2.76. The number of benzene rings is 1. The highest BCUT2D eigenvalue weighted by atomic mass is 16.2. The average molecular weight is 339 g/mol. The summed E-state index contributed by atoms with van der Waals surface area (Å²) in [5, 5.41) is 0.851.